The number of carbonyl (C=O) groups excluding carboxylic acids is 1. The van der Waals surface area contributed by atoms with E-state index >= 15 is 0 Å². The molecule has 1 aromatic rings. The summed E-state index contributed by atoms with van der Waals surface area (Å²) in [6.07, 6.45) is -0.326. The molecular formula is C14H20BNO4. The Bertz CT molecular complexity index is 635. The number of aromatic nitrogens is 1. The molecule has 0 N–H and O–H groups in total. The lowest BCUT2D eigenvalue weighted by Gasteiger charge is -2.32. The van der Waals surface area contributed by atoms with Gasteiger partial charge in [0.25, 0.3) is 0 Å². The van der Waals surface area contributed by atoms with E-state index in [-0.39, 0.29) is 30.0 Å². The van der Waals surface area contributed by atoms with E-state index in [2.05, 4.69) is 4.98 Å². The zero-order valence-electron chi connectivity index (χ0n) is 15.4. The number of rotatable bonds is 3. The van der Waals surface area contributed by atoms with Crippen LogP contribution in [0.2, 0.25) is 0 Å². The molecule has 0 atom stereocenters. The molecule has 20 heavy (non-hydrogen) atoms. The lowest BCUT2D eigenvalue weighted by atomic mass is 9.80. The van der Waals surface area contributed by atoms with Crippen LogP contribution in [-0.2, 0) is 14.0 Å². The number of esters is 1. The van der Waals surface area contributed by atoms with Crippen molar-refractivity contribution in [1.82, 2.24) is 4.98 Å². The minimum atomic E-state index is -0.979. The number of carbonyl (C=O) groups is 1. The van der Waals surface area contributed by atoms with Gasteiger partial charge in [0.1, 0.15) is 5.69 Å². The summed E-state index contributed by atoms with van der Waals surface area (Å²) in [5.41, 5.74) is -1.58. The predicted octanol–water partition coefficient (Wildman–Crippen LogP) is 1.56. The highest BCUT2D eigenvalue weighted by Crippen LogP contribution is 2.36. The number of nitrogens with zero attached hydrogens (tertiary/aromatic N) is 1. The highest BCUT2D eigenvalue weighted by molar-refractivity contribution is 6.62. The van der Waals surface area contributed by atoms with Crippen LogP contribution in [0, 0.1) is 0 Å². The minimum absolute atomic E-state index is 0.0432. The second kappa shape index (κ2) is 5.18. The topological polar surface area (TPSA) is 57.7 Å². The van der Waals surface area contributed by atoms with Crippen LogP contribution in [0.15, 0.2) is 18.3 Å². The molecule has 108 valence electrons. The molecule has 0 aliphatic carbocycles. The van der Waals surface area contributed by atoms with Crippen molar-refractivity contribution in [1.29, 1.82) is 0 Å². The first-order chi connectivity index (χ1) is 10.5. The smallest absolute Gasteiger partial charge is 0.461 e. The van der Waals surface area contributed by atoms with Crippen molar-refractivity contribution < 1.29 is 23.0 Å². The molecule has 1 saturated heterocycles. The zero-order valence-corrected chi connectivity index (χ0v) is 12.4. The Labute approximate surface area is 124 Å². The number of ether oxygens (including phenoxy) is 1. The lowest BCUT2D eigenvalue weighted by Crippen LogP contribution is -2.41. The van der Waals surface area contributed by atoms with Gasteiger partial charge in [0, 0.05) is 11.6 Å². The molecular weight excluding hydrogens is 257 g/mol. The summed E-state index contributed by atoms with van der Waals surface area (Å²) >= 11 is 0. The summed E-state index contributed by atoms with van der Waals surface area (Å²) in [4.78, 5) is 15.6. The molecule has 0 bridgehead atoms. The molecule has 0 saturated carbocycles. The van der Waals surface area contributed by atoms with Crippen LogP contribution >= 0.6 is 0 Å². The van der Waals surface area contributed by atoms with E-state index in [1.54, 1.807) is 6.92 Å². The summed E-state index contributed by atoms with van der Waals surface area (Å²) < 4.78 is 40.5. The second-order valence-corrected chi connectivity index (χ2v) is 5.54. The van der Waals surface area contributed by atoms with E-state index in [0.29, 0.717) is 0 Å². The van der Waals surface area contributed by atoms with E-state index < -0.39 is 30.3 Å². The van der Waals surface area contributed by atoms with Gasteiger partial charge in [-0.25, -0.2) is 9.78 Å². The van der Waals surface area contributed by atoms with Crippen LogP contribution in [0.4, 0.5) is 0 Å². The zero-order chi connectivity index (χ0) is 17.6. The number of hydrogen-bond donors (Lipinski definition) is 0. The molecule has 1 aromatic heterocycles. The summed E-state index contributed by atoms with van der Waals surface area (Å²) in [5, 5.41) is 0. The monoisotopic (exact) mass is 280 g/mol. The Balaban J connectivity index is 2.47. The Morgan fingerprint density at radius 2 is 1.95 bits per heavy atom. The van der Waals surface area contributed by atoms with E-state index in [9.17, 15) is 4.79 Å². The van der Waals surface area contributed by atoms with Crippen molar-refractivity contribution >= 4 is 18.6 Å². The highest BCUT2D eigenvalue weighted by atomic mass is 16.7. The fourth-order valence-electron chi connectivity index (χ4n) is 1.67. The van der Waals surface area contributed by atoms with Gasteiger partial charge in [0.05, 0.1) is 21.9 Å². The normalized spacial score (nSPS) is 22.1. The Morgan fingerprint density at radius 1 is 1.35 bits per heavy atom. The molecule has 5 nitrogen and oxygen atoms in total. The van der Waals surface area contributed by atoms with Crippen LogP contribution in [0.3, 0.4) is 0 Å². The van der Waals surface area contributed by atoms with E-state index in [4.69, 9.17) is 18.2 Å². The quantitative estimate of drug-likeness (QED) is 0.621. The largest absolute Gasteiger partial charge is 0.496 e. The molecule has 2 heterocycles. The maximum absolute atomic E-state index is 11.8. The first kappa shape index (κ1) is 11.3. The van der Waals surface area contributed by atoms with Crippen LogP contribution in [0.5, 0.6) is 0 Å². The van der Waals surface area contributed by atoms with E-state index in [1.165, 1.54) is 0 Å². The standard InChI is InChI=1S/C14H20BNO4/c1-6-18-12(17)11-8-7-10(9-16-11)15-19-13(2,3)14(4,5)20-15/h7-9H,6H2,1-5H3/i7D,8D,9D. The Hall–Kier alpha value is -1.40. The van der Waals surface area contributed by atoms with Crippen molar-refractivity contribution in [2.45, 2.75) is 45.8 Å². The van der Waals surface area contributed by atoms with Crippen molar-refractivity contribution in [3.8, 4) is 0 Å². The number of pyridine rings is 1. The summed E-state index contributed by atoms with van der Waals surface area (Å²) in [7, 11) is -0.979. The van der Waals surface area contributed by atoms with Gasteiger partial charge in [0.2, 0.25) is 0 Å². The van der Waals surface area contributed by atoms with Crippen molar-refractivity contribution in [3.63, 3.8) is 0 Å². The molecule has 1 fully saturated rings. The lowest BCUT2D eigenvalue weighted by molar-refractivity contribution is 0.00578. The molecule has 6 heteroatoms. The first-order valence-electron chi connectivity index (χ1n) is 8.02. The molecule has 1 aliphatic rings. The van der Waals surface area contributed by atoms with E-state index in [0.717, 1.165) is 0 Å². The van der Waals surface area contributed by atoms with Gasteiger partial charge >= 0.3 is 13.1 Å². The number of hydrogen-bond acceptors (Lipinski definition) is 5. The molecule has 0 unspecified atom stereocenters. The third-order valence-electron chi connectivity index (χ3n) is 3.56. The summed E-state index contributed by atoms with van der Waals surface area (Å²) in [5.74, 6) is -0.819. The first-order valence-corrected chi connectivity index (χ1v) is 6.52. The molecule has 0 amide bonds. The molecule has 0 radical (unpaired) electrons. The Morgan fingerprint density at radius 3 is 2.50 bits per heavy atom. The van der Waals surface area contributed by atoms with Crippen molar-refractivity contribution in [2.24, 2.45) is 0 Å². The molecule has 0 spiro atoms. The third kappa shape index (κ3) is 2.71. The summed E-state index contributed by atoms with van der Waals surface area (Å²) in [6, 6.07) is -0.712. The highest BCUT2D eigenvalue weighted by Gasteiger charge is 2.51. The molecule has 0 aromatic carbocycles. The third-order valence-corrected chi connectivity index (χ3v) is 3.56. The fourth-order valence-corrected chi connectivity index (χ4v) is 1.67. The van der Waals surface area contributed by atoms with Gasteiger partial charge in [-0.15, -0.1) is 0 Å². The second-order valence-electron chi connectivity index (χ2n) is 5.54. The van der Waals surface area contributed by atoms with E-state index in [1.807, 2.05) is 27.7 Å². The maximum atomic E-state index is 11.8. The fraction of sp³-hybridized carbons (Fsp3) is 0.571. The molecule has 2 rings (SSSR count). The van der Waals surface area contributed by atoms with Crippen LogP contribution < -0.4 is 5.46 Å². The van der Waals surface area contributed by atoms with Gasteiger partial charge in [-0.2, -0.15) is 0 Å². The van der Waals surface area contributed by atoms with Crippen molar-refractivity contribution in [3.05, 3.63) is 24.0 Å². The molecule has 1 aliphatic heterocycles. The van der Waals surface area contributed by atoms with Crippen molar-refractivity contribution in [2.75, 3.05) is 6.61 Å². The van der Waals surface area contributed by atoms with Gasteiger partial charge in [-0.3, -0.25) is 0 Å². The maximum Gasteiger partial charge on any atom is 0.496 e. The van der Waals surface area contributed by atoms with Crippen LogP contribution in [-0.4, -0.2) is 35.9 Å². The van der Waals surface area contributed by atoms with Gasteiger partial charge in [0.15, 0.2) is 0 Å². The van der Waals surface area contributed by atoms with Crippen LogP contribution in [0.1, 0.15) is 49.2 Å². The van der Waals surface area contributed by atoms with Gasteiger partial charge in [-0.05, 0) is 40.7 Å². The SMILES string of the molecule is [2H]c1nc(C(=O)OCC)c([2H])c([2H])c1B1OC(C)(C)C(C)(C)O1. The minimum Gasteiger partial charge on any atom is -0.461 e. The van der Waals surface area contributed by atoms with Crippen LogP contribution in [0.25, 0.3) is 0 Å². The predicted molar refractivity (Wildman–Crippen MR) is 75.9 cm³/mol. The Kier molecular flexibility index (Phi) is 2.92. The summed E-state index contributed by atoms with van der Waals surface area (Å²) in [6.45, 7) is 9.15. The average Bonchev–Trinajstić information content (AvgIpc) is 2.62. The average molecular weight is 280 g/mol. The van der Waals surface area contributed by atoms with Gasteiger partial charge in [-0.1, -0.05) is 6.04 Å². The van der Waals surface area contributed by atoms with Gasteiger partial charge < -0.3 is 14.0 Å².